The standard InChI is InChI=1S/C14H20ClN3O/c1-9-4-2-5-10(8-16)18(9)12-7-3-6-11(15)13(12)14(17)19/h3,6-7,9-10H,2,4-5,8,16H2,1H3,(H2,17,19). The second-order valence-corrected chi connectivity index (χ2v) is 5.48. The Morgan fingerprint density at radius 2 is 2.21 bits per heavy atom. The molecule has 19 heavy (non-hydrogen) atoms. The highest BCUT2D eigenvalue weighted by Crippen LogP contribution is 2.34. The first-order chi connectivity index (χ1) is 9.06. The van der Waals surface area contributed by atoms with E-state index in [2.05, 4.69) is 11.8 Å². The van der Waals surface area contributed by atoms with Gasteiger partial charge >= 0.3 is 0 Å². The zero-order chi connectivity index (χ0) is 14.0. The van der Waals surface area contributed by atoms with Crippen molar-refractivity contribution in [3.8, 4) is 0 Å². The molecule has 1 heterocycles. The topological polar surface area (TPSA) is 72.3 Å². The summed E-state index contributed by atoms with van der Waals surface area (Å²) in [6.45, 7) is 2.71. The highest BCUT2D eigenvalue weighted by atomic mass is 35.5. The molecule has 4 nitrogen and oxygen atoms in total. The van der Waals surface area contributed by atoms with E-state index in [1.54, 1.807) is 6.07 Å². The zero-order valence-corrected chi connectivity index (χ0v) is 11.9. The van der Waals surface area contributed by atoms with E-state index in [0.29, 0.717) is 23.2 Å². The lowest BCUT2D eigenvalue weighted by Gasteiger charge is -2.42. The van der Waals surface area contributed by atoms with Crippen molar-refractivity contribution in [2.75, 3.05) is 11.4 Å². The highest BCUT2D eigenvalue weighted by Gasteiger charge is 2.30. The van der Waals surface area contributed by atoms with E-state index < -0.39 is 5.91 Å². The van der Waals surface area contributed by atoms with Crippen LogP contribution in [-0.4, -0.2) is 24.5 Å². The minimum atomic E-state index is -0.492. The molecule has 0 spiro atoms. The summed E-state index contributed by atoms with van der Waals surface area (Å²) in [6.07, 6.45) is 3.28. The van der Waals surface area contributed by atoms with Gasteiger partial charge in [-0.05, 0) is 38.3 Å². The SMILES string of the molecule is CC1CCCC(CN)N1c1cccc(Cl)c1C(N)=O. The number of benzene rings is 1. The molecular weight excluding hydrogens is 262 g/mol. The molecule has 1 amide bonds. The number of rotatable bonds is 3. The predicted octanol–water partition coefficient (Wildman–Crippen LogP) is 2.15. The molecule has 4 N–H and O–H groups in total. The van der Waals surface area contributed by atoms with Crippen molar-refractivity contribution in [1.29, 1.82) is 0 Å². The lowest BCUT2D eigenvalue weighted by Crippen LogP contribution is -2.49. The number of anilines is 1. The van der Waals surface area contributed by atoms with Crippen LogP contribution < -0.4 is 16.4 Å². The quantitative estimate of drug-likeness (QED) is 0.892. The third-order valence-corrected chi connectivity index (χ3v) is 4.13. The summed E-state index contributed by atoms with van der Waals surface area (Å²) in [4.78, 5) is 13.9. The van der Waals surface area contributed by atoms with Crippen LogP contribution in [-0.2, 0) is 0 Å². The third kappa shape index (κ3) is 2.69. The van der Waals surface area contributed by atoms with Crippen LogP contribution in [0.5, 0.6) is 0 Å². The Balaban J connectivity index is 2.49. The number of amides is 1. The average Bonchev–Trinajstić information content (AvgIpc) is 2.37. The zero-order valence-electron chi connectivity index (χ0n) is 11.1. The van der Waals surface area contributed by atoms with Crippen LogP contribution in [0.15, 0.2) is 18.2 Å². The van der Waals surface area contributed by atoms with Gasteiger partial charge in [0.2, 0.25) is 0 Å². The highest BCUT2D eigenvalue weighted by molar-refractivity contribution is 6.34. The van der Waals surface area contributed by atoms with Crippen LogP contribution in [0, 0.1) is 0 Å². The fourth-order valence-corrected chi connectivity index (χ4v) is 3.19. The van der Waals surface area contributed by atoms with Crippen LogP contribution >= 0.6 is 11.6 Å². The Kier molecular flexibility index (Phi) is 4.32. The molecule has 5 heteroatoms. The molecule has 0 aromatic heterocycles. The first-order valence-corrected chi connectivity index (χ1v) is 7.00. The van der Waals surface area contributed by atoms with Gasteiger partial charge < -0.3 is 16.4 Å². The molecule has 1 saturated heterocycles. The molecule has 2 atom stereocenters. The molecule has 0 aliphatic carbocycles. The van der Waals surface area contributed by atoms with E-state index in [1.807, 2.05) is 12.1 Å². The molecule has 2 unspecified atom stereocenters. The number of nitrogens with two attached hydrogens (primary N) is 2. The van der Waals surface area contributed by atoms with Gasteiger partial charge in [-0.1, -0.05) is 17.7 Å². The average molecular weight is 282 g/mol. The maximum absolute atomic E-state index is 11.7. The minimum Gasteiger partial charge on any atom is -0.365 e. The number of hydrogen-bond acceptors (Lipinski definition) is 3. The van der Waals surface area contributed by atoms with Crippen LogP contribution in [0.25, 0.3) is 0 Å². The lowest BCUT2D eigenvalue weighted by atomic mass is 9.94. The van der Waals surface area contributed by atoms with Gasteiger partial charge in [-0.2, -0.15) is 0 Å². The Labute approximate surface area is 118 Å². The summed E-state index contributed by atoms with van der Waals surface area (Å²) in [6, 6.07) is 6.01. The molecule has 1 aromatic carbocycles. The number of halogens is 1. The van der Waals surface area contributed by atoms with Gasteiger partial charge in [0.15, 0.2) is 0 Å². The van der Waals surface area contributed by atoms with E-state index >= 15 is 0 Å². The number of primary amides is 1. The second-order valence-electron chi connectivity index (χ2n) is 5.07. The molecule has 1 aliphatic rings. The largest absolute Gasteiger partial charge is 0.365 e. The normalized spacial score (nSPS) is 23.4. The number of hydrogen-bond donors (Lipinski definition) is 2. The summed E-state index contributed by atoms with van der Waals surface area (Å²) < 4.78 is 0. The van der Waals surface area contributed by atoms with Gasteiger partial charge in [-0.25, -0.2) is 0 Å². The van der Waals surface area contributed by atoms with Crippen LogP contribution in [0.3, 0.4) is 0 Å². The van der Waals surface area contributed by atoms with Crippen molar-refractivity contribution in [2.24, 2.45) is 11.5 Å². The number of piperidine rings is 1. The van der Waals surface area contributed by atoms with Crippen molar-refractivity contribution in [1.82, 2.24) is 0 Å². The summed E-state index contributed by atoms with van der Waals surface area (Å²) in [5, 5.41) is 0.401. The first kappa shape index (κ1) is 14.2. The Hall–Kier alpha value is -1.26. The maximum Gasteiger partial charge on any atom is 0.252 e. The van der Waals surface area contributed by atoms with E-state index in [1.165, 1.54) is 0 Å². The number of nitrogens with zero attached hydrogens (tertiary/aromatic N) is 1. The van der Waals surface area contributed by atoms with E-state index in [4.69, 9.17) is 23.1 Å². The van der Waals surface area contributed by atoms with Crippen LogP contribution in [0.4, 0.5) is 5.69 Å². The van der Waals surface area contributed by atoms with Crippen LogP contribution in [0.2, 0.25) is 5.02 Å². The molecule has 0 bridgehead atoms. The molecule has 2 rings (SSSR count). The van der Waals surface area contributed by atoms with Gasteiger partial charge in [0, 0.05) is 18.6 Å². The van der Waals surface area contributed by atoms with Gasteiger partial charge in [-0.3, -0.25) is 4.79 Å². The van der Waals surface area contributed by atoms with Crippen molar-refractivity contribution in [3.05, 3.63) is 28.8 Å². The molecule has 104 valence electrons. The molecule has 1 aromatic rings. The lowest BCUT2D eigenvalue weighted by molar-refractivity contribution is 0.100. The van der Waals surface area contributed by atoms with Crippen molar-refractivity contribution >= 4 is 23.2 Å². The monoisotopic (exact) mass is 281 g/mol. The van der Waals surface area contributed by atoms with Gasteiger partial charge in [0.1, 0.15) is 0 Å². The second kappa shape index (κ2) is 5.80. The number of carbonyl (C=O) groups is 1. The van der Waals surface area contributed by atoms with Crippen molar-refractivity contribution in [2.45, 2.75) is 38.3 Å². The first-order valence-electron chi connectivity index (χ1n) is 6.63. The van der Waals surface area contributed by atoms with E-state index in [0.717, 1.165) is 24.9 Å². The van der Waals surface area contributed by atoms with Crippen molar-refractivity contribution < 1.29 is 4.79 Å². The Bertz CT molecular complexity index is 478. The van der Waals surface area contributed by atoms with Gasteiger partial charge in [0.25, 0.3) is 5.91 Å². The smallest absolute Gasteiger partial charge is 0.252 e. The van der Waals surface area contributed by atoms with E-state index in [-0.39, 0.29) is 6.04 Å². The Morgan fingerprint density at radius 3 is 2.84 bits per heavy atom. The molecule has 1 fully saturated rings. The summed E-state index contributed by atoms with van der Waals surface area (Å²) >= 11 is 6.12. The van der Waals surface area contributed by atoms with Gasteiger partial charge in [0.05, 0.1) is 16.3 Å². The molecular formula is C14H20ClN3O. The van der Waals surface area contributed by atoms with Gasteiger partial charge in [-0.15, -0.1) is 0 Å². The fourth-order valence-electron chi connectivity index (χ4n) is 2.92. The molecule has 0 saturated carbocycles. The minimum absolute atomic E-state index is 0.236. The third-order valence-electron chi connectivity index (χ3n) is 3.82. The molecule has 1 aliphatic heterocycles. The fraction of sp³-hybridized carbons (Fsp3) is 0.500. The van der Waals surface area contributed by atoms with Crippen LogP contribution in [0.1, 0.15) is 36.5 Å². The molecule has 0 radical (unpaired) electrons. The maximum atomic E-state index is 11.7. The summed E-state index contributed by atoms with van der Waals surface area (Å²) in [5.41, 5.74) is 12.5. The number of carbonyl (C=O) groups excluding carboxylic acids is 1. The summed E-state index contributed by atoms with van der Waals surface area (Å²) in [5.74, 6) is -0.492. The predicted molar refractivity (Wildman–Crippen MR) is 78.6 cm³/mol. The van der Waals surface area contributed by atoms with E-state index in [9.17, 15) is 4.79 Å². The Morgan fingerprint density at radius 1 is 1.47 bits per heavy atom. The van der Waals surface area contributed by atoms with Crippen molar-refractivity contribution in [3.63, 3.8) is 0 Å². The summed E-state index contributed by atoms with van der Waals surface area (Å²) in [7, 11) is 0.